The summed E-state index contributed by atoms with van der Waals surface area (Å²) in [6.45, 7) is 12.7. The van der Waals surface area contributed by atoms with Crippen LogP contribution in [-0.2, 0) is 5.41 Å². The van der Waals surface area contributed by atoms with E-state index in [1.54, 1.807) is 6.20 Å². The summed E-state index contributed by atoms with van der Waals surface area (Å²) in [5.74, 6) is 1.63. The molecule has 0 atom stereocenters. The highest BCUT2D eigenvalue weighted by Gasteiger charge is 2.30. The fraction of sp³-hybridized carbons (Fsp3) is 0.688. The summed E-state index contributed by atoms with van der Waals surface area (Å²) in [4.78, 5) is 4.32. The fourth-order valence-corrected chi connectivity index (χ4v) is 1.82. The van der Waals surface area contributed by atoms with E-state index in [4.69, 9.17) is 9.47 Å². The Morgan fingerprint density at radius 3 is 2.16 bits per heavy atom. The lowest BCUT2D eigenvalue weighted by molar-refractivity contribution is 0.119. The van der Waals surface area contributed by atoms with Gasteiger partial charge in [0.25, 0.3) is 0 Å². The van der Waals surface area contributed by atoms with Crippen molar-refractivity contribution < 1.29 is 9.47 Å². The topological polar surface area (TPSA) is 31.4 Å². The van der Waals surface area contributed by atoms with E-state index in [1.165, 1.54) is 0 Å². The van der Waals surface area contributed by atoms with Crippen LogP contribution < -0.4 is 9.47 Å². The first-order chi connectivity index (χ1) is 8.67. The van der Waals surface area contributed by atoms with E-state index >= 15 is 0 Å². The molecule has 0 saturated heterocycles. The fourth-order valence-electron chi connectivity index (χ4n) is 1.82. The molecule has 1 aromatic rings. The number of ether oxygens (including phenoxy) is 2. The van der Waals surface area contributed by atoms with E-state index in [0.29, 0.717) is 6.10 Å². The zero-order valence-corrected chi connectivity index (χ0v) is 12.9. The molecule has 0 unspecified atom stereocenters. The standard InChI is InChI=1S/C16H25NO2/c1-15(2,3)12-9-17-10-13(18-11-7-8-11)14(12)19-16(4,5)6/h9-11H,7-8H2,1-6H3. The highest BCUT2D eigenvalue weighted by Crippen LogP contribution is 2.41. The largest absolute Gasteiger partial charge is 0.485 e. The second kappa shape index (κ2) is 4.69. The molecule has 1 aromatic heterocycles. The quantitative estimate of drug-likeness (QED) is 0.822. The third kappa shape index (κ3) is 3.85. The zero-order valence-electron chi connectivity index (χ0n) is 12.9. The summed E-state index contributed by atoms with van der Waals surface area (Å²) in [5.41, 5.74) is 0.833. The molecule has 106 valence electrons. The van der Waals surface area contributed by atoms with Crippen LogP contribution in [0.2, 0.25) is 0 Å². The van der Waals surface area contributed by atoms with Crippen LogP contribution in [0, 0.1) is 0 Å². The van der Waals surface area contributed by atoms with Crippen LogP contribution in [0.5, 0.6) is 11.5 Å². The maximum Gasteiger partial charge on any atom is 0.180 e. The Morgan fingerprint density at radius 2 is 1.68 bits per heavy atom. The van der Waals surface area contributed by atoms with Crippen LogP contribution >= 0.6 is 0 Å². The number of rotatable bonds is 3. The molecule has 0 N–H and O–H groups in total. The van der Waals surface area contributed by atoms with Crippen molar-refractivity contribution in [2.75, 3.05) is 0 Å². The summed E-state index contributed by atoms with van der Waals surface area (Å²) in [5, 5.41) is 0. The van der Waals surface area contributed by atoms with Gasteiger partial charge in [-0.2, -0.15) is 0 Å². The molecule has 3 nitrogen and oxygen atoms in total. The van der Waals surface area contributed by atoms with Gasteiger partial charge in [0.2, 0.25) is 0 Å². The SMILES string of the molecule is CC(C)(C)Oc1c(OC2CC2)cncc1C(C)(C)C. The molecule has 0 radical (unpaired) electrons. The predicted octanol–water partition coefficient (Wildman–Crippen LogP) is 4.10. The van der Waals surface area contributed by atoms with E-state index in [2.05, 4.69) is 46.5 Å². The van der Waals surface area contributed by atoms with Gasteiger partial charge in [-0.1, -0.05) is 20.8 Å². The second-order valence-corrected chi connectivity index (χ2v) is 7.30. The highest BCUT2D eigenvalue weighted by molar-refractivity contribution is 5.47. The molecule has 1 aliphatic carbocycles. The normalized spacial score (nSPS) is 16.3. The van der Waals surface area contributed by atoms with Crippen LogP contribution in [0.4, 0.5) is 0 Å². The molecule has 19 heavy (non-hydrogen) atoms. The van der Waals surface area contributed by atoms with Crippen molar-refractivity contribution in [2.45, 2.75) is 71.5 Å². The Balaban J connectivity index is 2.41. The number of aromatic nitrogens is 1. The minimum atomic E-state index is -0.247. The molecule has 1 saturated carbocycles. The molecule has 0 bridgehead atoms. The number of hydrogen-bond donors (Lipinski definition) is 0. The molecule has 1 aliphatic rings. The van der Waals surface area contributed by atoms with Gasteiger partial charge in [-0.25, -0.2) is 0 Å². The maximum absolute atomic E-state index is 6.15. The van der Waals surface area contributed by atoms with Gasteiger partial charge < -0.3 is 9.47 Å². The number of pyridine rings is 1. The molecule has 0 spiro atoms. The van der Waals surface area contributed by atoms with Crippen LogP contribution in [0.3, 0.4) is 0 Å². The smallest absolute Gasteiger partial charge is 0.180 e. The van der Waals surface area contributed by atoms with Gasteiger partial charge in [0, 0.05) is 11.8 Å². The molecular weight excluding hydrogens is 238 g/mol. The molecule has 1 fully saturated rings. The minimum Gasteiger partial charge on any atom is -0.485 e. The van der Waals surface area contributed by atoms with Crippen molar-refractivity contribution in [3.05, 3.63) is 18.0 Å². The first kappa shape index (κ1) is 14.2. The lowest BCUT2D eigenvalue weighted by atomic mass is 9.87. The van der Waals surface area contributed by atoms with Crippen molar-refractivity contribution in [1.29, 1.82) is 0 Å². The molecule has 3 heteroatoms. The molecule has 0 aliphatic heterocycles. The van der Waals surface area contributed by atoms with Crippen LogP contribution in [0.25, 0.3) is 0 Å². The number of nitrogens with zero attached hydrogens (tertiary/aromatic N) is 1. The van der Waals surface area contributed by atoms with Crippen molar-refractivity contribution in [3.63, 3.8) is 0 Å². The lowest BCUT2D eigenvalue weighted by Crippen LogP contribution is -2.26. The zero-order chi connectivity index (χ0) is 14.3. The van der Waals surface area contributed by atoms with E-state index in [0.717, 1.165) is 29.9 Å². The summed E-state index contributed by atoms with van der Waals surface area (Å²) in [7, 11) is 0. The summed E-state index contributed by atoms with van der Waals surface area (Å²) in [6.07, 6.45) is 6.28. The average Bonchev–Trinajstić information content (AvgIpc) is 3.00. The Bertz CT molecular complexity index is 451. The van der Waals surface area contributed by atoms with Crippen molar-refractivity contribution >= 4 is 0 Å². The average molecular weight is 263 g/mol. The van der Waals surface area contributed by atoms with Crippen LogP contribution in [-0.4, -0.2) is 16.7 Å². The minimum absolute atomic E-state index is 0.0174. The second-order valence-electron chi connectivity index (χ2n) is 7.30. The predicted molar refractivity (Wildman–Crippen MR) is 77.0 cm³/mol. The summed E-state index contributed by atoms with van der Waals surface area (Å²) >= 11 is 0. The monoisotopic (exact) mass is 263 g/mol. The highest BCUT2D eigenvalue weighted by atomic mass is 16.5. The molecule has 1 heterocycles. The van der Waals surface area contributed by atoms with Gasteiger partial charge in [0.15, 0.2) is 11.5 Å². The van der Waals surface area contributed by atoms with Gasteiger partial charge >= 0.3 is 0 Å². The van der Waals surface area contributed by atoms with E-state index in [9.17, 15) is 0 Å². The molecular formula is C16H25NO2. The van der Waals surface area contributed by atoms with Gasteiger partial charge in [0.1, 0.15) is 5.60 Å². The van der Waals surface area contributed by atoms with Gasteiger partial charge in [0.05, 0.1) is 12.3 Å². The lowest BCUT2D eigenvalue weighted by Gasteiger charge is -2.29. The van der Waals surface area contributed by atoms with Gasteiger partial charge in [-0.3, -0.25) is 4.98 Å². The summed E-state index contributed by atoms with van der Waals surface area (Å²) in [6, 6.07) is 0. The molecule has 0 amide bonds. The first-order valence-corrected chi connectivity index (χ1v) is 7.01. The van der Waals surface area contributed by atoms with Crippen LogP contribution in [0.15, 0.2) is 12.4 Å². The first-order valence-electron chi connectivity index (χ1n) is 7.01. The summed E-state index contributed by atoms with van der Waals surface area (Å²) < 4.78 is 12.1. The van der Waals surface area contributed by atoms with Crippen LogP contribution in [0.1, 0.15) is 59.9 Å². The number of hydrogen-bond acceptors (Lipinski definition) is 3. The Morgan fingerprint density at radius 1 is 1.05 bits per heavy atom. The van der Waals surface area contributed by atoms with Crippen molar-refractivity contribution in [3.8, 4) is 11.5 Å². The van der Waals surface area contributed by atoms with Crippen molar-refractivity contribution in [2.24, 2.45) is 0 Å². The van der Waals surface area contributed by atoms with E-state index < -0.39 is 0 Å². The third-order valence-corrected chi connectivity index (χ3v) is 2.90. The third-order valence-electron chi connectivity index (χ3n) is 2.90. The van der Waals surface area contributed by atoms with Crippen molar-refractivity contribution in [1.82, 2.24) is 4.98 Å². The Hall–Kier alpha value is -1.25. The molecule has 0 aromatic carbocycles. The van der Waals surface area contributed by atoms with E-state index in [-0.39, 0.29) is 11.0 Å². The van der Waals surface area contributed by atoms with Gasteiger partial charge in [-0.15, -0.1) is 0 Å². The van der Waals surface area contributed by atoms with E-state index in [1.807, 2.05) is 6.20 Å². The Labute approximate surface area is 116 Å². The Kier molecular flexibility index (Phi) is 3.50. The molecule has 2 rings (SSSR count). The van der Waals surface area contributed by atoms with Gasteiger partial charge in [-0.05, 0) is 39.0 Å². The maximum atomic E-state index is 6.15.